The predicted octanol–water partition coefficient (Wildman–Crippen LogP) is 9.18. The molecule has 3 nitrogen and oxygen atoms in total. The Bertz CT molecular complexity index is 2300. The zero-order chi connectivity index (χ0) is 25.9. The normalized spacial score (nSPS) is 11.6. The summed E-state index contributed by atoms with van der Waals surface area (Å²) < 4.78 is 2.30. The van der Waals surface area contributed by atoms with Crippen LogP contribution in [0.15, 0.2) is 127 Å². The maximum Gasteiger partial charge on any atom is 0.0991 e. The Hall–Kier alpha value is -5.46. The minimum Gasteiger partial charge on any atom is -0.309 e. The van der Waals surface area contributed by atoms with Gasteiger partial charge in [0.1, 0.15) is 0 Å². The van der Waals surface area contributed by atoms with E-state index in [1.807, 2.05) is 18.2 Å². The molecule has 0 aliphatic heterocycles. The van der Waals surface area contributed by atoms with Gasteiger partial charge in [0, 0.05) is 27.2 Å². The van der Waals surface area contributed by atoms with Crippen LogP contribution in [0.3, 0.4) is 0 Å². The van der Waals surface area contributed by atoms with Gasteiger partial charge < -0.3 is 4.57 Å². The monoisotopic (exact) mass is 495 g/mol. The van der Waals surface area contributed by atoms with Crippen LogP contribution < -0.4 is 0 Å². The van der Waals surface area contributed by atoms with E-state index in [1.165, 1.54) is 16.2 Å². The van der Waals surface area contributed by atoms with Crippen molar-refractivity contribution in [3.05, 3.63) is 133 Å². The van der Waals surface area contributed by atoms with Crippen LogP contribution in [0, 0.1) is 11.3 Å². The third-order valence-corrected chi connectivity index (χ3v) is 7.76. The van der Waals surface area contributed by atoms with Crippen LogP contribution in [0.1, 0.15) is 5.56 Å². The van der Waals surface area contributed by atoms with E-state index in [-0.39, 0.29) is 0 Å². The first-order valence-electron chi connectivity index (χ1n) is 13.0. The number of rotatable bonds is 2. The lowest BCUT2D eigenvalue weighted by molar-refractivity contribution is 1.18. The molecule has 180 valence electrons. The van der Waals surface area contributed by atoms with Crippen LogP contribution in [-0.2, 0) is 0 Å². The quantitative estimate of drug-likeness (QED) is 0.177. The van der Waals surface area contributed by atoms with E-state index >= 15 is 0 Å². The van der Waals surface area contributed by atoms with Crippen molar-refractivity contribution in [2.45, 2.75) is 0 Å². The van der Waals surface area contributed by atoms with Crippen molar-refractivity contribution in [1.82, 2.24) is 9.55 Å². The standard InChI is InChI=1S/C36H21N3/c37-22-23-16-17-36-32(18-23)29-13-4-6-15-35(29)39(36)26-10-7-9-24(19-26)30-21-34-31(28-12-3-2-11-27(28)30)20-25-8-1-5-14-33(25)38-34/h1-21H. The molecule has 0 fully saturated rings. The Labute approximate surface area is 224 Å². The third kappa shape index (κ3) is 3.26. The van der Waals surface area contributed by atoms with Gasteiger partial charge in [0.25, 0.3) is 0 Å². The third-order valence-electron chi connectivity index (χ3n) is 7.76. The summed E-state index contributed by atoms with van der Waals surface area (Å²) >= 11 is 0. The summed E-state index contributed by atoms with van der Waals surface area (Å²) in [5, 5.41) is 16.5. The lowest BCUT2D eigenvalue weighted by atomic mass is 9.94. The predicted molar refractivity (Wildman–Crippen MR) is 161 cm³/mol. The first kappa shape index (κ1) is 21.6. The van der Waals surface area contributed by atoms with Crippen LogP contribution in [-0.4, -0.2) is 9.55 Å². The Morgan fingerprint density at radius 3 is 2.21 bits per heavy atom. The molecule has 0 atom stereocenters. The Balaban J connectivity index is 1.41. The Morgan fingerprint density at radius 2 is 1.31 bits per heavy atom. The molecule has 8 aromatic rings. The van der Waals surface area contributed by atoms with Crippen LogP contribution in [0.5, 0.6) is 0 Å². The van der Waals surface area contributed by atoms with Gasteiger partial charge in [0.2, 0.25) is 0 Å². The molecule has 0 saturated heterocycles. The van der Waals surface area contributed by atoms with Crippen molar-refractivity contribution in [3.8, 4) is 22.9 Å². The van der Waals surface area contributed by atoms with E-state index in [2.05, 4.69) is 120 Å². The summed E-state index contributed by atoms with van der Waals surface area (Å²) in [6, 6.07) is 46.8. The molecular weight excluding hydrogens is 474 g/mol. The fraction of sp³-hybridized carbons (Fsp3) is 0. The number of para-hydroxylation sites is 2. The van der Waals surface area contributed by atoms with Gasteiger partial charge in [0.15, 0.2) is 0 Å². The number of nitrogens with zero attached hydrogens (tertiary/aromatic N) is 3. The number of nitriles is 1. The highest BCUT2D eigenvalue weighted by atomic mass is 15.0. The zero-order valence-corrected chi connectivity index (χ0v) is 21.0. The van der Waals surface area contributed by atoms with Crippen molar-refractivity contribution < 1.29 is 0 Å². The molecule has 0 spiro atoms. The molecule has 0 aliphatic rings. The van der Waals surface area contributed by atoms with Crippen molar-refractivity contribution in [1.29, 1.82) is 5.26 Å². The SMILES string of the molecule is N#Cc1ccc2c(c1)c1ccccc1n2-c1cccc(-c2cc3nc4ccccc4cc3c3ccccc23)c1. The molecule has 6 aromatic carbocycles. The van der Waals surface area contributed by atoms with Crippen LogP contribution in [0.2, 0.25) is 0 Å². The van der Waals surface area contributed by atoms with Crippen LogP contribution in [0.25, 0.3) is 71.2 Å². The van der Waals surface area contributed by atoms with E-state index < -0.39 is 0 Å². The topological polar surface area (TPSA) is 41.6 Å². The van der Waals surface area contributed by atoms with E-state index in [9.17, 15) is 5.26 Å². The molecule has 0 saturated carbocycles. The van der Waals surface area contributed by atoms with Crippen molar-refractivity contribution in [2.75, 3.05) is 0 Å². The first-order chi connectivity index (χ1) is 19.3. The second-order valence-electron chi connectivity index (χ2n) is 9.96. The van der Waals surface area contributed by atoms with Gasteiger partial charge in [-0.15, -0.1) is 0 Å². The highest BCUT2D eigenvalue weighted by Crippen LogP contribution is 2.38. The summed E-state index contributed by atoms with van der Waals surface area (Å²) in [7, 11) is 0. The minimum atomic E-state index is 0.668. The van der Waals surface area contributed by atoms with Crippen LogP contribution >= 0.6 is 0 Å². The smallest absolute Gasteiger partial charge is 0.0991 e. The van der Waals surface area contributed by atoms with E-state index in [4.69, 9.17) is 4.98 Å². The summed E-state index contributed by atoms with van der Waals surface area (Å²) in [6.45, 7) is 0. The maximum absolute atomic E-state index is 9.51. The maximum atomic E-state index is 9.51. The van der Waals surface area contributed by atoms with Gasteiger partial charge in [0.05, 0.1) is 33.7 Å². The number of benzene rings is 6. The molecule has 8 rings (SSSR count). The molecule has 3 heteroatoms. The second-order valence-corrected chi connectivity index (χ2v) is 9.96. The van der Waals surface area contributed by atoms with Gasteiger partial charge in [-0.3, -0.25) is 0 Å². The van der Waals surface area contributed by atoms with Gasteiger partial charge in [-0.1, -0.05) is 72.8 Å². The summed E-state index contributed by atoms with van der Waals surface area (Å²) in [4.78, 5) is 5.05. The largest absolute Gasteiger partial charge is 0.309 e. The summed E-state index contributed by atoms with van der Waals surface area (Å²) in [5.41, 5.74) is 8.26. The van der Waals surface area contributed by atoms with Crippen molar-refractivity contribution in [3.63, 3.8) is 0 Å². The number of hydrogen-bond donors (Lipinski definition) is 0. The minimum absolute atomic E-state index is 0.668. The summed E-state index contributed by atoms with van der Waals surface area (Å²) in [6.07, 6.45) is 0. The van der Waals surface area contributed by atoms with E-state index in [0.717, 1.165) is 55.0 Å². The van der Waals surface area contributed by atoms with Gasteiger partial charge in [-0.05, 0) is 76.5 Å². The van der Waals surface area contributed by atoms with Gasteiger partial charge >= 0.3 is 0 Å². The molecule has 0 amide bonds. The molecule has 0 bridgehead atoms. The molecular formula is C36H21N3. The van der Waals surface area contributed by atoms with Crippen molar-refractivity contribution in [2.24, 2.45) is 0 Å². The van der Waals surface area contributed by atoms with Gasteiger partial charge in [-0.25, -0.2) is 4.98 Å². The van der Waals surface area contributed by atoms with Crippen LogP contribution in [0.4, 0.5) is 0 Å². The highest BCUT2D eigenvalue weighted by molar-refractivity contribution is 6.15. The zero-order valence-electron chi connectivity index (χ0n) is 21.0. The molecule has 0 radical (unpaired) electrons. The van der Waals surface area contributed by atoms with E-state index in [1.54, 1.807) is 0 Å². The second kappa shape index (κ2) is 8.28. The number of fused-ring (bicyclic) bond motifs is 7. The Kier molecular flexibility index (Phi) is 4.59. The number of aromatic nitrogens is 2. The molecule has 0 aliphatic carbocycles. The molecule has 0 unspecified atom stereocenters. The average Bonchev–Trinajstić information content (AvgIpc) is 3.33. The van der Waals surface area contributed by atoms with Gasteiger partial charge in [-0.2, -0.15) is 5.26 Å². The fourth-order valence-electron chi connectivity index (χ4n) is 6.00. The average molecular weight is 496 g/mol. The fourth-order valence-corrected chi connectivity index (χ4v) is 6.00. The molecule has 2 heterocycles. The molecule has 39 heavy (non-hydrogen) atoms. The lowest BCUT2D eigenvalue weighted by Gasteiger charge is -2.14. The Morgan fingerprint density at radius 1 is 0.538 bits per heavy atom. The van der Waals surface area contributed by atoms with Crippen molar-refractivity contribution >= 4 is 54.4 Å². The first-order valence-corrected chi connectivity index (χ1v) is 13.0. The van der Waals surface area contributed by atoms with E-state index in [0.29, 0.717) is 5.56 Å². The highest BCUT2D eigenvalue weighted by Gasteiger charge is 2.15. The molecule has 2 aromatic heterocycles. The molecule has 0 N–H and O–H groups in total. The number of pyridine rings is 1. The number of hydrogen-bond acceptors (Lipinski definition) is 2. The lowest BCUT2D eigenvalue weighted by Crippen LogP contribution is -1.95. The summed E-state index contributed by atoms with van der Waals surface area (Å²) in [5.74, 6) is 0.